The molecule has 3 aromatic rings. The van der Waals surface area contributed by atoms with E-state index in [4.69, 9.17) is 4.52 Å². The first-order valence-electron chi connectivity index (χ1n) is 5.87. The van der Waals surface area contributed by atoms with Crippen LogP contribution >= 0.6 is 0 Å². The average molecular weight is 298 g/mol. The summed E-state index contributed by atoms with van der Waals surface area (Å²) in [6, 6.07) is 0.936. The van der Waals surface area contributed by atoms with Gasteiger partial charge in [0.25, 0.3) is 5.71 Å². The van der Waals surface area contributed by atoms with Crippen molar-refractivity contribution in [2.45, 2.75) is 19.6 Å². The van der Waals surface area contributed by atoms with Crippen molar-refractivity contribution in [2.75, 3.05) is 5.32 Å². The molecule has 3 rings (SSSR count). The molecule has 3 heterocycles. The van der Waals surface area contributed by atoms with E-state index in [0.717, 1.165) is 6.07 Å². The Morgan fingerprint density at radius 2 is 2.14 bits per heavy atom. The monoisotopic (exact) mass is 298 g/mol. The smallest absolute Gasteiger partial charge is 0.364 e. The Bertz CT molecular complexity index is 778. The molecule has 0 saturated carbocycles. The summed E-state index contributed by atoms with van der Waals surface area (Å²) in [6.07, 6.45) is -3.19. The molecular weight excluding hydrogens is 289 g/mol. The number of aromatic nitrogens is 5. The number of anilines is 1. The minimum absolute atomic E-state index is 0.0970. The van der Waals surface area contributed by atoms with Gasteiger partial charge in [0.1, 0.15) is 17.5 Å². The fraction of sp³-hybridized carbons (Fsp3) is 0.273. The normalized spacial score (nSPS) is 12.0. The maximum Gasteiger partial charge on any atom is 0.435 e. The summed E-state index contributed by atoms with van der Waals surface area (Å²) in [5.74, 6) is 0.432. The van der Waals surface area contributed by atoms with Crippen molar-refractivity contribution in [3.8, 4) is 0 Å². The highest BCUT2D eigenvalue weighted by atomic mass is 19.4. The number of alkyl halides is 3. The van der Waals surface area contributed by atoms with Crippen LogP contribution in [-0.2, 0) is 12.7 Å². The lowest BCUT2D eigenvalue weighted by Gasteiger charge is -2.04. The first-order chi connectivity index (χ1) is 9.95. The minimum atomic E-state index is -4.47. The molecule has 21 heavy (non-hydrogen) atoms. The van der Waals surface area contributed by atoms with Gasteiger partial charge in [-0.25, -0.2) is 4.98 Å². The van der Waals surface area contributed by atoms with Crippen LogP contribution in [0.4, 0.5) is 19.0 Å². The van der Waals surface area contributed by atoms with Gasteiger partial charge in [-0.05, 0) is 13.0 Å². The second kappa shape index (κ2) is 4.72. The molecule has 0 unspecified atom stereocenters. The largest absolute Gasteiger partial charge is 0.435 e. The fourth-order valence-electron chi connectivity index (χ4n) is 1.83. The molecule has 0 saturated heterocycles. The Balaban J connectivity index is 1.81. The molecule has 0 aliphatic carbocycles. The van der Waals surface area contributed by atoms with Crippen molar-refractivity contribution in [1.82, 2.24) is 25.3 Å². The van der Waals surface area contributed by atoms with Gasteiger partial charge in [0, 0.05) is 0 Å². The van der Waals surface area contributed by atoms with Gasteiger partial charge in [0.05, 0.1) is 17.9 Å². The topological polar surface area (TPSA) is 92.5 Å². The molecule has 0 atom stereocenters. The van der Waals surface area contributed by atoms with Crippen molar-refractivity contribution in [3.63, 3.8) is 0 Å². The number of aromatic amines is 1. The summed E-state index contributed by atoms with van der Waals surface area (Å²) < 4.78 is 42.3. The van der Waals surface area contributed by atoms with Crippen molar-refractivity contribution in [2.24, 2.45) is 0 Å². The van der Waals surface area contributed by atoms with Crippen LogP contribution < -0.4 is 5.32 Å². The molecule has 2 N–H and O–H groups in total. The predicted octanol–water partition coefficient (Wildman–Crippen LogP) is 2.28. The van der Waals surface area contributed by atoms with Crippen LogP contribution in [0.25, 0.3) is 11.1 Å². The van der Waals surface area contributed by atoms with Crippen LogP contribution in [0.5, 0.6) is 0 Å². The Morgan fingerprint density at radius 3 is 2.86 bits per heavy atom. The van der Waals surface area contributed by atoms with Crippen molar-refractivity contribution in [3.05, 3.63) is 29.5 Å². The zero-order chi connectivity index (χ0) is 15.0. The van der Waals surface area contributed by atoms with Crippen molar-refractivity contribution >= 4 is 16.9 Å². The van der Waals surface area contributed by atoms with Crippen LogP contribution in [0.1, 0.15) is 17.1 Å². The molecule has 0 aromatic carbocycles. The SMILES string of the molecule is Cc1noc2ncnc(NCc3cc(C(F)(F)F)n[nH]3)c12. The summed E-state index contributed by atoms with van der Waals surface area (Å²) >= 11 is 0. The molecule has 0 radical (unpaired) electrons. The van der Waals surface area contributed by atoms with E-state index in [2.05, 4.69) is 30.6 Å². The number of H-pyrrole nitrogens is 1. The van der Waals surface area contributed by atoms with E-state index in [9.17, 15) is 13.2 Å². The van der Waals surface area contributed by atoms with E-state index in [1.165, 1.54) is 6.33 Å². The van der Waals surface area contributed by atoms with Gasteiger partial charge in [-0.2, -0.15) is 23.3 Å². The van der Waals surface area contributed by atoms with Gasteiger partial charge in [0.2, 0.25) is 0 Å². The second-order valence-electron chi connectivity index (χ2n) is 4.30. The maximum atomic E-state index is 12.4. The lowest BCUT2D eigenvalue weighted by molar-refractivity contribution is -0.141. The lowest BCUT2D eigenvalue weighted by Crippen LogP contribution is -2.05. The van der Waals surface area contributed by atoms with E-state index in [0.29, 0.717) is 22.6 Å². The number of halogens is 3. The van der Waals surface area contributed by atoms with Gasteiger partial charge in [-0.1, -0.05) is 5.16 Å². The van der Waals surface area contributed by atoms with Crippen LogP contribution in [-0.4, -0.2) is 25.3 Å². The molecule has 0 spiro atoms. The van der Waals surface area contributed by atoms with E-state index in [1.807, 2.05) is 0 Å². The third-order valence-electron chi connectivity index (χ3n) is 2.81. The summed E-state index contributed by atoms with van der Waals surface area (Å²) in [6.45, 7) is 1.82. The van der Waals surface area contributed by atoms with Gasteiger partial charge >= 0.3 is 6.18 Å². The zero-order valence-electron chi connectivity index (χ0n) is 10.7. The Kier molecular flexibility index (Phi) is 3.00. The van der Waals surface area contributed by atoms with Gasteiger partial charge in [-0.3, -0.25) is 5.10 Å². The van der Waals surface area contributed by atoms with Crippen molar-refractivity contribution in [1.29, 1.82) is 0 Å². The summed E-state index contributed by atoms with van der Waals surface area (Å²) in [5.41, 5.74) is 0.218. The second-order valence-corrected chi connectivity index (χ2v) is 4.30. The number of hydrogen-bond acceptors (Lipinski definition) is 6. The molecule has 0 amide bonds. The maximum absolute atomic E-state index is 12.4. The van der Waals surface area contributed by atoms with Crippen LogP contribution in [0, 0.1) is 6.92 Å². The predicted molar refractivity (Wildman–Crippen MR) is 65.3 cm³/mol. The molecule has 0 aliphatic rings. The number of nitrogens with one attached hydrogen (secondary N) is 2. The molecule has 7 nitrogen and oxygen atoms in total. The van der Waals surface area contributed by atoms with E-state index < -0.39 is 11.9 Å². The van der Waals surface area contributed by atoms with E-state index >= 15 is 0 Å². The molecule has 0 fully saturated rings. The van der Waals surface area contributed by atoms with Crippen LogP contribution in [0.2, 0.25) is 0 Å². The fourth-order valence-corrected chi connectivity index (χ4v) is 1.83. The molecule has 0 aliphatic heterocycles. The standard InChI is InChI=1S/C11H9F3N6O/c1-5-8-9(16-4-17-10(8)21-20-5)15-3-6-2-7(19-18-6)11(12,13)14/h2,4H,3H2,1H3,(H,18,19)(H,15,16,17). The van der Waals surface area contributed by atoms with E-state index in [1.54, 1.807) is 6.92 Å². The number of hydrogen-bond donors (Lipinski definition) is 2. The Hall–Kier alpha value is -2.65. The highest BCUT2D eigenvalue weighted by Gasteiger charge is 2.33. The number of aryl methyl sites for hydroxylation is 1. The molecule has 110 valence electrons. The van der Waals surface area contributed by atoms with Gasteiger partial charge in [0.15, 0.2) is 5.69 Å². The minimum Gasteiger partial charge on any atom is -0.364 e. The molecular formula is C11H9F3N6O. The summed E-state index contributed by atoms with van der Waals surface area (Å²) in [4.78, 5) is 7.94. The number of rotatable bonds is 3. The van der Waals surface area contributed by atoms with Crippen molar-refractivity contribution < 1.29 is 17.7 Å². The summed E-state index contributed by atoms with van der Waals surface area (Å²) in [5, 5.41) is 12.8. The van der Waals surface area contributed by atoms with Gasteiger partial charge < -0.3 is 9.84 Å². The number of fused-ring (bicyclic) bond motifs is 1. The average Bonchev–Trinajstić information content (AvgIpc) is 3.04. The quantitative estimate of drug-likeness (QED) is 0.770. The Morgan fingerprint density at radius 1 is 1.33 bits per heavy atom. The first-order valence-corrected chi connectivity index (χ1v) is 5.87. The lowest BCUT2D eigenvalue weighted by atomic mass is 10.3. The van der Waals surface area contributed by atoms with Crippen LogP contribution in [0.3, 0.4) is 0 Å². The highest BCUT2D eigenvalue weighted by Crippen LogP contribution is 2.28. The zero-order valence-corrected chi connectivity index (χ0v) is 10.7. The molecule has 0 bridgehead atoms. The summed E-state index contributed by atoms with van der Waals surface area (Å²) in [7, 11) is 0. The Labute approximate surface area is 115 Å². The van der Waals surface area contributed by atoms with Crippen LogP contribution in [0.15, 0.2) is 16.9 Å². The molecule has 3 aromatic heterocycles. The van der Waals surface area contributed by atoms with Gasteiger partial charge in [-0.15, -0.1) is 0 Å². The third kappa shape index (κ3) is 2.51. The first kappa shape index (κ1) is 13.3. The number of nitrogens with zero attached hydrogens (tertiary/aromatic N) is 4. The third-order valence-corrected chi connectivity index (χ3v) is 2.81. The molecule has 10 heteroatoms. The van der Waals surface area contributed by atoms with E-state index in [-0.39, 0.29) is 12.2 Å². The highest BCUT2D eigenvalue weighted by molar-refractivity contribution is 5.87.